The molecule has 7 heteroatoms. The van der Waals surface area contributed by atoms with E-state index in [0.29, 0.717) is 19.0 Å². The van der Waals surface area contributed by atoms with Crippen LogP contribution >= 0.6 is 0 Å². The zero-order chi connectivity index (χ0) is 22.2. The number of aliphatic hydroxyl groups is 1. The van der Waals surface area contributed by atoms with Gasteiger partial charge in [0.25, 0.3) is 5.91 Å². The standard InChI is InChI=1S/C24H27N3O4/c1-17(28)22(23(29)26-31)25-24(30)27-15-13-21(14-16-27)20-11-9-19(10-12-20)8-7-18-5-3-2-4-6-18/h2-6,9-12,17,21-22,28,31H,13-16H2,1H3,(H,25,30)(H,26,29)/t17-,22-/m1/s1. The summed E-state index contributed by atoms with van der Waals surface area (Å²) < 4.78 is 0. The quantitative estimate of drug-likeness (QED) is 0.345. The third-order valence-corrected chi connectivity index (χ3v) is 5.44. The maximum atomic E-state index is 12.4. The molecule has 1 aliphatic heterocycles. The van der Waals surface area contributed by atoms with E-state index in [1.54, 1.807) is 4.90 Å². The number of rotatable bonds is 4. The van der Waals surface area contributed by atoms with E-state index in [2.05, 4.69) is 29.3 Å². The molecule has 0 radical (unpaired) electrons. The van der Waals surface area contributed by atoms with Crippen molar-refractivity contribution >= 4 is 11.9 Å². The Kier molecular flexibility index (Phi) is 7.65. The van der Waals surface area contributed by atoms with Crippen molar-refractivity contribution in [2.24, 2.45) is 0 Å². The van der Waals surface area contributed by atoms with Crippen molar-refractivity contribution in [3.8, 4) is 11.8 Å². The molecule has 0 bridgehead atoms. The van der Waals surface area contributed by atoms with Gasteiger partial charge >= 0.3 is 6.03 Å². The van der Waals surface area contributed by atoms with Crippen molar-refractivity contribution < 1.29 is 19.9 Å². The lowest BCUT2D eigenvalue weighted by Crippen LogP contribution is -2.56. The van der Waals surface area contributed by atoms with Gasteiger partial charge in [-0.15, -0.1) is 0 Å². The first-order valence-corrected chi connectivity index (χ1v) is 10.3. The van der Waals surface area contributed by atoms with Crippen molar-refractivity contribution in [2.45, 2.75) is 37.8 Å². The van der Waals surface area contributed by atoms with Crippen molar-refractivity contribution in [3.05, 3.63) is 71.3 Å². The predicted molar refractivity (Wildman–Crippen MR) is 116 cm³/mol. The molecule has 162 valence electrons. The summed E-state index contributed by atoms with van der Waals surface area (Å²) in [6.45, 7) is 2.46. The zero-order valence-electron chi connectivity index (χ0n) is 17.4. The monoisotopic (exact) mass is 421 g/mol. The van der Waals surface area contributed by atoms with E-state index in [0.717, 1.165) is 24.0 Å². The Labute approximate surface area is 182 Å². The first-order valence-electron chi connectivity index (χ1n) is 10.3. The van der Waals surface area contributed by atoms with Gasteiger partial charge in [0.15, 0.2) is 0 Å². The minimum absolute atomic E-state index is 0.341. The summed E-state index contributed by atoms with van der Waals surface area (Å²) in [7, 11) is 0. The van der Waals surface area contributed by atoms with Gasteiger partial charge < -0.3 is 15.3 Å². The number of carbonyl (C=O) groups is 2. The highest BCUT2D eigenvalue weighted by Gasteiger charge is 2.29. The molecule has 4 N–H and O–H groups in total. The molecule has 3 rings (SSSR count). The van der Waals surface area contributed by atoms with Gasteiger partial charge in [-0.05, 0) is 55.5 Å². The fourth-order valence-corrected chi connectivity index (χ4v) is 3.62. The normalized spacial score (nSPS) is 15.9. The van der Waals surface area contributed by atoms with Gasteiger partial charge in [0.1, 0.15) is 6.04 Å². The molecule has 2 aromatic rings. The SMILES string of the molecule is C[C@@H](O)[C@@H](NC(=O)N1CCC(c2ccc(C#Cc3ccccc3)cc2)CC1)C(=O)NO. The predicted octanol–water partition coefficient (Wildman–Crippen LogP) is 2.23. The first-order chi connectivity index (χ1) is 15.0. The number of hydroxylamine groups is 1. The van der Waals surface area contributed by atoms with E-state index in [1.165, 1.54) is 18.0 Å². The largest absolute Gasteiger partial charge is 0.391 e. The Morgan fingerprint density at radius 1 is 1.00 bits per heavy atom. The Morgan fingerprint density at radius 3 is 2.13 bits per heavy atom. The topological polar surface area (TPSA) is 102 Å². The minimum Gasteiger partial charge on any atom is -0.391 e. The lowest BCUT2D eigenvalue weighted by Gasteiger charge is -2.33. The number of amides is 3. The Balaban J connectivity index is 1.54. The lowest BCUT2D eigenvalue weighted by atomic mass is 9.89. The first kappa shape index (κ1) is 22.3. The van der Waals surface area contributed by atoms with Gasteiger partial charge in [-0.2, -0.15) is 0 Å². The molecule has 1 heterocycles. The van der Waals surface area contributed by atoms with Crippen molar-refractivity contribution in [3.63, 3.8) is 0 Å². The second-order valence-corrected chi connectivity index (χ2v) is 7.64. The summed E-state index contributed by atoms with van der Waals surface area (Å²) in [5.74, 6) is 5.81. The number of piperidine rings is 1. The van der Waals surface area contributed by atoms with E-state index in [4.69, 9.17) is 5.21 Å². The fraction of sp³-hybridized carbons (Fsp3) is 0.333. The smallest absolute Gasteiger partial charge is 0.318 e. The van der Waals surface area contributed by atoms with Crippen molar-refractivity contribution in [2.75, 3.05) is 13.1 Å². The van der Waals surface area contributed by atoms with Gasteiger partial charge in [-0.1, -0.05) is 42.2 Å². The van der Waals surface area contributed by atoms with Crippen molar-refractivity contribution in [1.29, 1.82) is 0 Å². The van der Waals surface area contributed by atoms with Crippen LogP contribution in [0.2, 0.25) is 0 Å². The maximum absolute atomic E-state index is 12.4. The second kappa shape index (κ2) is 10.6. The molecule has 0 aromatic heterocycles. The van der Waals surface area contributed by atoms with Crippen LogP contribution < -0.4 is 10.8 Å². The fourth-order valence-electron chi connectivity index (χ4n) is 3.62. The van der Waals surface area contributed by atoms with Gasteiger partial charge in [-0.25, -0.2) is 10.3 Å². The number of likely N-dealkylation sites (tertiary alicyclic amines) is 1. The number of aliphatic hydroxyl groups excluding tert-OH is 1. The molecule has 2 atom stereocenters. The number of urea groups is 1. The van der Waals surface area contributed by atoms with E-state index < -0.39 is 24.1 Å². The van der Waals surface area contributed by atoms with E-state index in [9.17, 15) is 14.7 Å². The average molecular weight is 421 g/mol. The number of hydrogen-bond acceptors (Lipinski definition) is 4. The molecule has 1 saturated heterocycles. The summed E-state index contributed by atoms with van der Waals surface area (Å²) >= 11 is 0. The number of nitrogens with one attached hydrogen (secondary N) is 2. The highest BCUT2D eigenvalue weighted by Crippen LogP contribution is 2.28. The third kappa shape index (κ3) is 6.07. The van der Waals surface area contributed by atoms with Crippen LogP contribution in [0.25, 0.3) is 0 Å². The molecule has 31 heavy (non-hydrogen) atoms. The van der Waals surface area contributed by atoms with Gasteiger partial charge in [0, 0.05) is 24.2 Å². The average Bonchev–Trinajstić information content (AvgIpc) is 2.81. The van der Waals surface area contributed by atoms with Crippen LogP contribution in [-0.2, 0) is 4.79 Å². The van der Waals surface area contributed by atoms with Crippen LogP contribution in [0.5, 0.6) is 0 Å². The molecule has 7 nitrogen and oxygen atoms in total. The Bertz CT molecular complexity index is 940. The summed E-state index contributed by atoms with van der Waals surface area (Å²) in [5.41, 5.74) is 4.61. The molecule has 0 saturated carbocycles. The second-order valence-electron chi connectivity index (χ2n) is 7.64. The summed E-state index contributed by atoms with van der Waals surface area (Å²) in [6.07, 6.45) is 0.472. The highest BCUT2D eigenvalue weighted by molar-refractivity contribution is 5.86. The summed E-state index contributed by atoms with van der Waals surface area (Å²) in [5, 5.41) is 20.9. The molecule has 3 amide bonds. The lowest BCUT2D eigenvalue weighted by molar-refractivity contribution is -0.133. The summed E-state index contributed by atoms with van der Waals surface area (Å²) in [4.78, 5) is 25.7. The number of nitrogens with zero attached hydrogens (tertiary/aromatic N) is 1. The van der Waals surface area contributed by atoms with Crippen LogP contribution in [0, 0.1) is 11.8 Å². The van der Waals surface area contributed by atoms with E-state index in [1.807, 2.05) is 42.5 Å². The number of benzene rings is 2. The molecule has 1 aliphatic rings. The van der Waals surface area contributed by atoms with Gasteiger partial charge in [-0.3, -0.25) is 10.0 Å². The summed E-state index contributed by atoms with van der Waals surface area (Å²) in [6, 6.07) is 16.4. The van der Waals surface area contributed by atoms with E-state index >= 15 is 0 Å². The molecule has 1 fully saturated rings. The number of carbonyl (C=O) groups excluding carboxylic acids is 2. The van der Waals surface area contributed by atoms with Crippen LogP contribution in [0.3, 0.4) is 0 Å². The molecular weight excluding hydrogens is 394 g/mol. The molecule has 2 aromatic carbocycles. The Hall–Kier alpha value is -3.34. The van der Waals surface area contributed by atoms with E-state index in [-0.39, 0.29) is 0 Å². The van der Waals surface area contributed by atoms with Crippen molar-refractivity contribution in [1.82, 2.24) is 15.7 Å². The third-order valence-electron chi connectivity index (χ3n) is 5.44. The molecule has 0 aliphatic carbocycles. The van der Waals surface area contributed by atoms with Crippen LogP contribution in [0.4, 0.5) is 4.79 Å². The van der Waals surface area contributed by atoms with Crippen LogP contribution in [-0.4, -0.2) is 52.4 Å². The minimum atomic E-state index is -1.21. The zero-order valence-corrected chi connectivity index (χ0v) is 17.4. The molecular formula is C24H27N3O4. The van der Waals surface area contributed by atoms with Gasteiger partial charge in [0.2, 0.25) is 0 Å². The Morgan fingerprint density at radius 2 is 1.58 bits per heavy atom. The van der Waals surface area contributed by atoms with Gasteiger partial charge in [0.05, 0.1) is 6.10 Å². The number of hydrogen-bond donors (Lipinski definition) is 4. The van der Waals surface area contributed by atoms with Crippen LogP contribution in [0.15, 0.2) is 54.6 Å². The molecule has 0 unspecified atom stereocenters. The maximum Gasteiger partial charge on any atom is 0.318 e. The van der Waals surface area contributed by atoms with Crippen LogP contribution in [0.1, 0.15) is 42.4 Å². The highest BCUT2D eigenvalue weighted by atomic mass is 16.5. The molecule has 0 spiro atoms.